The van der Waals surface area contributed by atoms with Crippen molar-refractivity contribution in [2.24, 2.45) is 5.92 Å². The number of rotatable bonds is 6. The molecule has 0 aliphatic heterocycles. The van der Waals surface area contributed by atoms with Gasteiger partial charge in [-0.15, -0.1) is 0 Å². The van der Waals surface area contributed by atoms with E-state index in [0.29, 0.717) is 11.6 Å². The van der Waals surface area contributed by atoms with E-state index < -0.39 is 0 Å². The van der Waals surface area contributed by atoms with Crippen LogP contribution in [0.4, 0.5) is 0 Å². The molecule has 1 atom stereocenters. The number of pyridine rings is 1. The maximum atomic E-state index is 12.7. The molecule has 132 valence electrons. The molecular weight excluding hydrogens is 328 g/mol. The Morgan fingerprint density at radius 3 is 2.58 bits per heavy atom. The number of H-pyrrole nitrogens is 1. The molecule has 4 rings (SSSR count). The molecule has 2 heterocycles. The van der Waals surface area contributed by atoms with Gasteiger partial charge in [0.1, 0.15) is 11.4 Å². The predicted octanol–water partition coefficient (Wildman–Crippen LogP) is 3.36. The Morgan fingerprint density at radius 1 is 1.19 bits per heavy atom. The van der Waals surface area contributed by atoms with Gasteiger partial charge in [0.15, 0.2) is 0 Å². The van der Waals surface area contributed by atoms with Crippen molar-refractivity contribution in [1.82, 2.24) is 20.5 Å². The van der Waals surface area contributed by atoms with Crippen molar-refractivity contribution in [3.8, 4) is 17.0 Å². The lowest BCUT2D eigenvalue weighted by atomic mass is 10.0. The minimum atomic E-state index is -0.148. The summed E-state index contributed by atoms with van der Waals surface area (Å²) in [6, 6.07) is 13.4. The van der Waals surface area contributed by atoms with Gasteiger partial charge in [0.25, 0.3) is 5.91 Å². The third kappa shape index (κ3) is 3.44. The van der Waals surface area contributed by atoms with E-state index in [9.17, 15) is 4.79 Å². The monoisotopic (exact) mass is 348 g/mol. The lowest BCUT2D eigenvalue weighted by Gasteiger charge is -2.18. The molecule has 1 saturated carbocycles. The number of hydrogen-bond acceptors (Lipinski definition) is 4. The highest BCUT2D eigenvalue weighted by Gasteiger charge is 2.33. The molecular formula is C20H20N4O2. The van der Waals surface area contributed by atoms with Gasteiger partial charge < -0.3 is 10.1 Å². The summed E-state index contributed by atoms with van der Waals surface area (Å²) in [6.45, 7) is 0. The lowest BCUT2D eigenvalue weighted by molar-refractivity contribution is 0.0926. The Morgan fingerprint density at radius 2 is 1.92 bits per heavy atom. The molecule has 1 fully saturated rings. The number of ether oxygens (including phenoxy) is 1. The molecule has 0 bridgehead atoms. The molecule has 6 nitrogen and oxygen atoms in total. The fourth-order valence-corrected chi connectivity index (χ4v) is 3.04. The van der Waals surface area contributed by atoms with E-state index in [4.69, 9.17) is 4.74 Å². The third-order valence-corrected chi connectivity index (χ3v) is 4.65. The smallest absolute Gasteiger partial charge is 0.269 e. The van der Waals surface area contributed by atoms with Gasteiger partial charge in [0.2, 0.25) is 0 Å². The van der Waals surface area contributed by atoms with Crippen molar-refractivity contribution in [1.29, 1.82) is 0 Å². The first-order valence-electron chi connectivity index (χ1n) is 8.65. The minimum absolute atomic E-state index is 0.00100. The minimum Gasteiger partial charge on any atom is -0.497 e. The molecule has 1 unspecified atom stereocenters. The number of carbonyl (C=O) groups is 1. The van der Waals surface area contributed by atoms with Crippen LogP contribution in [0, 0.1) is 5.92 Å². The zero-order chi connectivity index (χ0) is 17.9. The number of methoxy groups -OCH3 is 1. The van der Waals surface area contributed by atoms with Crippen LogP contribution in [0.5, 0.6) is 5.75 Å². The number of benzene rings is 1. The molecule has 1 aliphatic carbocycles. The van der Waals surface area contributed by atoms with Gasteiger partial charge in [-0.3, -0.25) is 14.9 Å². The number of nitrogens with zero attached hydrogens (tertiary/aromatic N) is 2. The topological polar surface area (TPSA) is 79.9 Å². The number of carbonyl (C=O) groups excluding carboxylic acids is 1. The first-order valence-corrected chi connectivity index (χ1v) is 8.65. The van der Waals surface area contributed by atoms with Crippen molar-refractivity contribution >= 4 is 5.91 Å². The van der Waals surface area contributed by atoms with Gasteiger partial charge in [0.05, 0.1) is 18.8 Å². The largest absolute Gasteiger partial charge is 0.497 e. The number of aromatic nitrogens is 3. The van der Waals surface area contributed by atoms with Crippen molar-refractivity contribution in [3.63, 3.8) is 0 Å². The summed E-state index contributed by atoms with van der Waals surface area (Å²) in [7, 11) is 1.65. The Balaban J connectivity index is 1.51. The Labute approximate surface area is 151 Å². The fourth-order valence-electron chi connectivity index (χ4n) is 3.04. The summed E-state index contributed by atoms with van der Waals surface area (Å²) in [5.74, 6) is 1.14. The molecule has 1 aliphatic rings. The van der Waals surface area contributed by atoms with Crippen LogP contribution in [0.25, 0.3) is 11.3 Å². The van der Waals surface area contributed by atoms with Crippen LogP contribution < -0.4 is 10.1 Å². The average molecular weight is 348 g/mol. The standard InChI is InChI=1S/C20H20N4O2/c1-26-16-6-4-15(5-7-16)19(14-2-3-14)22-20(25)18-12-17(23-24-18)13-8-10-21-11-9-13/h4-12,14,19H,2-3H2,1H3,(H,22,25)(H,23,24). The highest BCUT2D eigenvalue weighted by atomic mass is 16.5. The first-order chi connectivity index (χ1) is 12.7. The average Bonchev–Trinajstić information content (AvgIpc) is 3.42. The first kappa shape index (κ1) is 16.3. The Bertz CT molecular complexity index is 886. The molecule has 0 spiro atoms. The summed E-state index contributed by atoms with van der Waals surface area (Å²) in [5, 5.41) is 10.2. The summed E-state index contributed by atoms with van der Waals surface area (Å²) >= 11 is 0. The van der Waals surface area contributed by atoms with Crippen molar-refractivity contribution < 1.29 is 9.53 Å². The summed E-state index contributed by atoms with van der Waals surface area (Å²) < 4.78 is 5.22. The van der Waals surface area contributed by atoms with E-state index in [1.807, 2.05) is 36.4 Å². The predicted molar refractivity (Wildman–Crippen MR) is 97.7 cm³/mol. The molecule has 6 heteroatoms. The van der Waals surface area contributed by atoms with Gasteiger partial charge in [-0.2, -0.15) is 5.10 Å². The molecule has 2 N–H and O–H groups in total. The highest BCUT2D eigenvalue weighted by molar-refractivity contribution is 5.93. The molecule has 0 saturated heterocycles. The van der Waals surface area contributed by atoms with Gasteiger partial charge in [-0.1, -0.05) is 12.1 Å². The maximum absolute atomic E-state index is 12.7. The van der Waals surface area contributed by atoms with Gasteiger partial charge >= 0.3 is 0 Å². The quantitative estimate of drug-likeness (QED) is 0.716. The SMILES string of the molecule is COc1ccc(C(NC(=O)c2cc(-c3ccncc3)n[nH]2)C2CC2)cc1. The number of amides is 1. The zero-order valence-electron chi connectivity index (χ0n) is 14.5. The van der Waals surface area contributed by atoms with Crippen LogP contribution >= 0.6 is 0 Å². The second kappa shape index (κ2) is 7.00. The molecule has 2 aromatic heterocycles. The van der Waals surface area contributed by atoms with Crippen LogP contribution in [0.15, 0.2) is 54.9 Å². The fraction of sp³-hybridized carbons (Fsp3) is 0.250. The van der Waals surface area contributed by atoms with Crippen LogP contribution in [-0.4, -0.2) is 28.2 Å². The van der Waals surface area contributed by atoms with E-state index in [-0.39, 0.29) is 11.9 Å². The van der Waals surface area contributed by atoms with Crippen LogP contribution in [0.3, 0.4) is 0 Å². The normalized spacial score (nSPS) is 14.7. The van der Waals surface area contributed by atoms with Crippen LogP contribution in [0.2, 0.25) is 0 Å². The molecule has 3 aromatic rings. The number of hydrogen-bond donors (Lipinski definition) is 2. The second-order valence-electron chi connectivity index (χ2n) is 6.46. The lowest BCUT2D eigenvalue weighted by Crippen LogP contribution is -2.30. The van der Waals surface area contributed by atoms with E-state index in [1.54, 1.807) is 25.6 Å². The van der Waals surface area contributed by atoms with Crippen LogP contribution in [-0.2, 0) is 0 Å². The highest BCUT2D eigenvalue weighted by Crippen LogP contribution is 2.41. The summed E-state index contributed by atoms with van der Waals surface area (Å²) in [5.41, 5.74) is 3.20. The molecule has 1 aromatic carbocycles. The van der Waals surface area contributed by atoms with Gasteiger partial charge in [0, 0.05) is 18.0 Å². The van der Waals surface area contributed by atoms with E-state index in [1.165, 1.54) is 0 Å². The van der Waals surface area contributed by atoms with Crippen molar-refractivity contribution in [2.45, 2.75) is 18.9 Å². The van der Waals surface area contributed by atoms with Gasteiger partial charge in [-0.25, -0.2) is 0 Å². The van der Waals surface area contributed by atoms with E-state index in [0.717, 1.165) is 35.4 Å². The molecule has 0 radical (unpaired) electrons. The number of aromatic amines is 1. The third-order valence-electron chi connectivity index (χ3n) is 4.65. The zero-order valence-corrected chi connectivity index (χ0v) is 14.5. The molecule has 26 heavy (non-hydrogen) atoms. The van der Waals surface area contributed by atoms with Gasteiger partial charge in [-0.05, 0) is 54.7 Å². The molecule has 1 amide bonds. The summed E-state index contributed by atoms with van der Waals surface area (Å²) in [6.07, 6.45) is 5.66. The Hall–Kier alpha value is -3.15. The summed E-state index contributed by atoms with van der Waals surface area (Å²) in [4.78, 5) is 16.7. The van der Waals surface area contributed by atoms with Crippen molar-refractivity contribution in [2.75, 3.05) is 7.11 Å². The van der Waals surface area contributed by atoms with Crippen molar-refractivity contribution in [3.05, 3.63) is 66.1 Å². The maximum Gasteiger partial charge on any atom is 0.269 e. The van der Waals surface area contributed by atoms with E-state index in [2.05, 4.69) is 20.5 Å². The number of nitrogens with one attached hydrogen (secondary N) is 2. The Kier molecular flexibility index (Phi) is 4.39. The second-order valence-corrected chi connectivity index (χ2v) is 6.46. The van der Waals surface area contributed by atoms with E-state index >= 15 is 0 Å². The van der Waals surface area contributed by atoms with Crippen LogP contribution in [0.1, 0.15) is 34.9 Å².